The maximum atomic E-state index is 12.6. The minimum absolute atomic E-state index is 0.0864. The van der Waals surface area contributed by atoms with Crippen molar-refractivity contribution in [3.63, 3.8) is 0 Å². The first kappa shape index (κ1) is 21.3. The van der Waals surface area contributed by atoms with Crippen LogP contribution in [0.2, 0.25) is 0 Å². The predicted molar refractivity (Wildman–Crippen MR) is 96.2 cm³/mol. The van der Waals surface area contributed by atoms with Crippen LogP contribution in [0.4, 0.5) is 18.0 Å². The van der Waals surface area contributed by atoms with E-state index < -0.39 is 29.0 Å². The molecule has 0 aliphatic carbocycles. The van der Waals surface area contributed by atoms with Crippen LogP contribution in [0.1, 0.15) is 38.3 Å². The van der Waals surface area contributed by atoms with Crippen LogP contribution < -0.4 is 0 Å². The largest absolute Gasteiger partial charge is 0.444 e. The van der Waals surface area contributed by atoms with Gasteiger partial charge >= 0.3 is 12.3 Å². The molecule has 2 atom stereocenters. The third-order valence-electron chi connectivity index (χ3n) is 4.66. The molecule has 2 rings (SSSR count). The Morgan fingerprint density at radius 3 is 2.41 bits per heavy atom. The summed E-state index contributed by atoms with van der Waals surface area (Å²) in [6.45, 7) is 9.36. The Morgan fingerprint density at radius 2 is 1.93 bits per heavy atom. The Labute approximate surface area is 157 Å². The number of hydrogen-bond acceptors (Lipinski definition) is 3. The summed E-state index contributed by atoms with van der Waals surface area (Å²) < 4.78 is 43.3. The standard InChI is InChI=1S/C20H26F3NO3/c1-5-19(26)13-24(17(25)27-18(2,3)4)12-16(19)11-8-14-6-9-15(10-7-14)20(21,22)23/h5-7,9-10,16,26H,1,8,11-13H2,2-4H3/t16-,19-/m1/s1. The zero-order valence-electron chi connectivity index (χ0n) is 15.8. The van der Waals surface area contributed by atoms with Gasteiger partial charge in [0.1, 0.15) is 11.2 Å². The molecule has 1 aromatic carbocycles. The van der Waals surface area contributed by atoms with E-state index in [9.17, 15) is 23.1 Å². The molecule has 1 amide bonds. The molecule has 0 radical (unpaired) electrons. The Hall–Kier alpha value is -2.02. The van der Waals surface area contributed by atoms with E-state index in [0.717, 1.165) is 17.7 Å². The van der Waals surface area contributed by atoms with Crippen LogP contribution in [0.5, 0.6) is 0 Å². The van der Waals surface area contributed by atoms with Gasteiger partial charge < -0.3 is 14.7 Å². The van der Waals surface area contributed by atoms with Gasteiger partial charge in [-0.3, -0.25) is 0 Å². The fourth-order valence-corrected chi connectivity index (χ4v) is 3.16. The summed E-state index contributed by atoms with van der Waals surface area (Å²) >= 11 is 0. The third-order valence-corrected chi connectivity index (χ3v) is 4.66. The Balaban J connectivity index is 2.02. The maximum absolute atomic E-state index is 12.6. The van der Waals surface area contributed by atoms with Gasteiger partial charge in [0.15, 0.2) is 0 Å². The van der Waals surface area contributed by atoms with Gasteiger partial charge in [-0.25, -0.2) is 4.79 Å². The minimum Gasteiger partial charge on any atom is -0.444 e. The quantitative estimate of drug-likeness (QED) is 0.781. The maximum Gasteiger partial charge on any atom is 0.416 e. The Morgan fingerprint density at radius 1 is 1.33 bits per heavy atom. The van der Waals surface area contributed by atoms with Crippen molar-refractivity contribution in [3.05, 3.63) is 48.0 Å². The van der Waals surface area contributed by atoms with Gasteiger partial charge in [-0.15, -0.1) is 6.58 Å². The lowest BCUT2D eigenvalue weighted by atomic mass is 9.86. The molecule has 1 aliphatic heterocycles. The average molecular weight is 385 g/mol. The molecule has 1 N–H and O–H groups in total. The summed E-state index contributed by atoms with van der Waals surface area (Å²) in [7, 11) is 0. The number of rotatable bonds is 4. The second-order valence-electron chi connectivity index (χ2n) is 7.99. The Bertz CT molecular complexity index is 679. The van der Waals surface area contributed by atoms with Crippen LogP contribution in [0.15, 0.2) is 36.9 Å². The van der Waals surface area contributed by atoms with Crippen molar-refractivity contribution >= 4 is 6.09 Å². The highest BCUT2D eigenvalue weighted by atomic mass is 19.4. The van der Waals surface area contributed by atoms with Crippen LogP contribution in [0.25, 0.3) is 0 Å². The van der Waals surface area contributed by atoms with Gasteiger partial charge in [0, 0.05) is 12.5 Å². The fraction of sp³-hybridized carbons (Fsp3) is 0.550. The first-order valence-electron chi connectivity index (χ1n) is 8.84. The van der Waals surface area contributed by atoms with Gasteiger partial charge in [0.25, 0.3) is 0 Å². The molecule has 4 nitrogen and oxygen atoms in total. The number of amides is 1. The van der Waals surface area contributed by atoms with Gasteiger partial charge in [-0.05, 0) is 51.3 Å². The van der Waals surface area contributed by atoms with Crippen molar-refractivity contribution in [2.45, 2.75) is 51.0 Å². The van der Waals surface area contributed by atoms with E-state index in [1.807, 2.05) is 0 Å². The van der Waals surface area contributed by atoms with E-state index >= 15 is 0 Å². The molecule has 0 bridgehead atoms. The topological polar surface area (TPSA) is 49.8 Å². The van der Waals surface area contributed by atoms with E-state index in [4.69, 9.17) is 4.74 Å². The first-order valence-corrected chi connectivity index (χ1v) is 8.84. The number of benzene rings is 1. The van der Waals surface area contributed by atoms with Crippen LogP contribution in [0, 0.1) is 5.92 Å². The summed E-state index contributed by atoms with van der Waals surface area (Å²) in [4.78, 5) is 13.7. The third kappa shape index (κ3) is 5.48. The lowest BCUT2D eigenvalue weighted by molar-refractivity contribution is -0.137. The van der Waals surface area contributed by atoms with E-state index in [1.165, 1.54) is 23.1 Å². The van der Waals surface area contributed by atoms with Crippen molar-refractivity contribution in [1.82, 2.24) is 4.90 Å². The van der Waals surface area contributed by atoms with Crippen LogP contribution in [0.3, 0.4) is 0 Å². The second-order valence-corrected chi connectivity index (χ2v) is 7.99. The van der Waals surface area contributed by atoms with Gasteiger partial charge in [0.2, 0.25) is 0 Å². The van der Waals surface area contributed by atoms with Crippen molar-refractivity contribution in [2.75, 3.05) is 13.1 Å². The summed E-state index contributed by atoms with van der Waals surface area (Å²) in [6.07, 6.45) is -2.44. The lowest BCUT2D eigenvalue weighted by Gasteiger charge is -2.25. The minimum atomic E-state index is -4.36. The van der Waals surface area contributed by atoms with Gasteiger partial charge in [-0.2, -0.15) is 13.2 Å². The number of β-amino-alcohol motifs (C(OH)–C–C–N with tert-alkyl or cyclic N) is 1. The lowest BCUT2D eigenvalue weighted by Crippen LogP contribution is -2.39. The number of nitrogens with zero attached hydrogens (tertiary/aromatic N) is 1. The number of carbonyl (C=O) groups excluding carboxylic acids is 1. The number of ether oxygens (including phenoxy) is 1. The number of aliphatic hydroxyl groups is 1. The summed E-state index contributed by atoms with van der Waals surface area (Å²) in [5.41, 5.74) is -1.83. The van der Waals surface area contributed by atoms with Crippen LogP contribution in [-0.4, -0.2) is 40.4 Å². The molecule has 1 fully saturated rings. The molecule has 0 spiro atoms. The number of halogens is 3. The highest BCUT2D eigenvalue weighted by molar-refractivity contribution is 5.69. The van der Waals surface area contributed by atoms with Crippen LogP contribution >= 0.6 is 0 Å². The first-order chi connectivity index (χ1) is 12.3. The zero-order valence-corrected chi connectivity index (χ0v) is 15.8. The monoisotopic (exact) mass is 385 g/mol. The normalized spacial score (nSPS) is 23.4. The molecule has 1 heterocycles. The molecular formula is C20H26F3NO3. The molecule has 0 saturated carbocycles. The van der Waals surface area contributed by atoms with Gasteiger partial charge in [0.05, 0.1) is 12.1 Å². The highest BCUT2D eigenvalue weighted by Crippen LogP contribution is 2.34. The molecule has 1 aromatic rings. The molecule has 7 heteroatoms. The zero-order chi connectivity index (χ0) is 20.5. The molecule has 150 valence electrons. The average Bonchev–Trinajstić information content (AvgIpc) is 2.89. The van der Waals surface area contributed by atoms with Crippen molar-refractivity contribution in [2.24, 2.45) is 5.92 Å². The molecular weight excluding hydrogens is 359 g/mol. The number of alkyl halides is 3. The summed E-state index contributed by atoms with van der Waals surface area (Å²) in [6, 6.07) is 4.99. The van der Waals surface area contributed by atoms with Gasteiger partial charge in [-0.1, -0.05) is 18.2 Å². The van der Waals surface area contributed by atoms with E-state index in [1.54, 1.807) is 20.8 Å². The molecule has 27 heavy (non-hydrogen) atoms. The van der Waals surface area contributed by atoms with E-state index in [0.29, 0.717) is 19.4 Å². The smallest absolute Gasteiger partial charge is 0.416 e. The van der Waals surface area contributed by atoms with Crippen molar-refractivity contribution in [3.8, 4) is 0 Å². The summed E-state index contributed by atoms with van der Waals surface area (Å²) in [5.74, 6) is -0.273. The SMILES string of the molecule is C=C[C@@]1(O)CN(C(=O)OC(C)(C)C)C[C@H]1CCc1ccc(C(F)(F)F)cc1. The number of hydrogen-bond donors (Lipinski definition) is 1. The van der Waals surface area contributed by atoms with Crippen molar-refractivity contribution < 1.29 is 27.8 Å². The Kier molecular flexibility index (Phi) is 5.94. The number of carbonyl (C=O) groups is 1. The highest BCUT2D eigenvalue weighted by Gasteiger charge is 2.45. The second kappa shape index (κ2) is 7.54. The number of aryl methyl sites for hydroxylation is 1. The van der Waals surface area contributed by atoms with Crippen LogP contribution in [-0.2, 0) is 17.3 Å². The van der Waals surface area contributed by atoms with Crippen molar-refractivity contribution in [1.29, 1.82) is 0 Å². The van der Waals surface area contributed by atoms with E-state index in [2.05, 4.69) is 6.58 Å². The molecule has 1 aliphatic rings. The summed E-state index contributed by atoms with van der Waals surface area (Å²) in [5, 5.41) is 10.8. The molecule has 0 unspecified atom stereocenters. The molecule has 0 aromatic heterocycles. The molecule has 1 saturated heterocycles. The fourth-order valence-electron chi connectivity index (χ4n) is 3.16. The predicted octanol–water partition coefficient (Wildman–Crippen LogP) is 4.42. The van der Waals surface area contributed by atoms with E-state index in [-0.39, 0.29) is 12.5 Å². The number of likely N-dealkylation sites (tertiary alicyclic amines) is 1.